The highest BCUT2D eigenvalue weighted by Crippen LogP contribution is 2.17. The summed E-state index contributed by atoms with van der Waals surface area (Å²) in [5.41, 5.74) is 1.45. The normalized spacial score (nSPS) is 19.5. The van der Waals surface area contributed by atoms with Gasteiger partial charge < -0.3 is 5.32 Å². The third kappa shape index (κ3) is 2.57. The van der Waals surface area contributed by atoms with Crippen molar-refractivity contribution in [1.29, 1.82) is 5.26 Å². The van der Waals surface area contributed by atoms with Crippen LogP contribution in [0.3, 0.4) is 0 Å². The quantitative estimate of drug-likeness (QED) is 0.744. The maximum absolute atomic E-state index is 8.72. The Kier molecular flexibility index (Phi) is 2.99. The van der Waals surface area contributed by atoms with Gasteiger partial charge >= 0.3 is 0 Å². The summed E-state index contributed by atoms with van der Waals surface area (Å²) in [7, 11) is 0. The zero-order valence-electron chi connectivity index (χ0n) is 8.48. The zero-order chi connectivity index (χ0) is 10.5. The van der Waals surface area contributed by atoms with Crippen molar-refractivity contribution in [3.05, 3.63) is 36.2 Å². The summed E-state index contributed by atoms with van der Waals surface area (Å²) in [5, 5.41) is 12.1. The van der Waals surface area contributed by atoms with Crippen LogP contribution in [-0.4, -0.2) is 11.0 Å². The molecule has 1 aromatic heterocycles. The van der Waals surface area contributed by atoms with E-state index in [2.05, 4.69) is 22.5 Å². The second-order valence-corrected chi connectivity index (χ2v) is 3.67. The Labute approximate surface area is 89.5 Å². The number of nitrogens with zero attached hydrogens (tertiary/aromatic N) is 2. The number of aromatic nitrogens is 1. The van der Waals surface area contributed by atoms with Gasteiger partial charge in [-0.15, -0.1) is 0 Å². The molecule has 0 saturated heterocycles. The fraction of sp³-hybridized carbons (Fsp3) is 0.333. The third-order valence-corrected chi connectivity index (χ3v) is 2.51. The number of hydrogen-bond donors (Lipinski definition) is 1. The molecule has 1 N–H and O–H groups in total. The minimum absolute atomic E-state index is 0.464. The number of allylic oxidation sites excluding steroid dienone is 1. The molecule has 1 unspecified atom stereocenters. The number of hydrogen-bond acceptors (Lipinski definition) is 3. The standard InChI is InChI=1S/C12H13N3/c13-9-12-8-11(6-7-14-12)15-10-4-2-1-3-5-10/h1-2,6-8,10H,3-5H2,(H,14,15). The highest BCUT2D eigenvalue weighted by atomic mass is 14.9. The van der Waals surface area contributed by atoms with E-state index in [-0.39, 0.29) is 0 Å². The highest BCUT2D eigenvalue weighted by molar-refractivity contribution is 5.46. The van der Waals surface area contributed by atoms with E-state index < -0.39 is 0 Å². The van der Waals surface area contributed by atoms with Crippen molar-refractivity contribution in [2.75, 3.05) is 5.32 Å². The SMILES string of the molecule is N#Cc1cc(NC2CC=CCC2)ccn1. The van der Waals surface area contributed by atoms with Crippen molar-refractivity contribution < 1.29 is 0 Å². The Balaban J connectivity index is 2.04. The predicted octanol–water partition coefficient (Wildman–Crippen LogP) is 2.47. The molecule has 2 rings (SSSR count). The second kappa shape index (κ2) is 4.61. The lowest BCUT2D eigenvalue weighted by Crippen LogP contribution is -2.20. The molecule has 1 aliphatic rings. The fourth-order valence-electron chi connectivity index (χ4n) is 1.74. The second-order valence-electron chi connectivity index (χ2n) is 3.67. The Morgan fingerprint density at radius 3 is 3.13 bits per heavy atom. The van der Waals surface area contributed by atoms with Crippen molar-refractivity contribution >= 4 is 5.69 Å². The smallest absolute Gasteiger partial charge is 0.142 e. The summed E-state index contributed by atoms with van der Waals surface area (Å²) in [6, 6.07) is 6.22. The maximum Gasteiger partial charge on any atom is 0.142 e. The van der Waals surface area contributed by atoms with Crippen LogP contribution in [0.4, 0.5) is 5.69 Å². The van der Waals surface area contributed by atoms with E-state index in [4.69, 9.17) is 5.26 Å². The van der Waals surface area contributed by atoms with Crippen LogP contribution in [0, 0.1) is 11.3 Å². The molecule has 1 heterocycles. The molecule has 3 heteroatoms. The molecule has 1 aromatic rings. The molecule has 76 valence electrons. The van der Waals surface area contributed by atoms with E-state index in [0.29, 0.717) is 11.7 Å². The van der Waals surface area contributed by atoms with Gasteiger partial charge in [-0.05, 0) is 31.4 Å². The number of anilines is 1. The number of pyridine rings is 1. The monoisotopic (exact) mass is 199 g/mol. The van der Waals surface area contributed by atoms with Gasteiger partial charge in [0, 0.05) is 17.9 Å². The average molecular weight is 199 g/mol. The first kappa shape index (κ1) is 9.72. The molecule has 1 aliphatic carbocycles. The Bertz CT molecular complexity index is 404. The molecule has 0 radical (unpaired) electrons. The highest BCUT2D eigenvalue weighted by Gasteiger charge is 2.09. The minimum atomic E-state index is 0.464. The largest absolute Gasteiger partial charge is 0.382 e. The Hall–Kier alpha value is -1.82. The molecule has 1 atom stereocenters. The lowest BCUT2D eigenvalue weighted by Gasteiger charge is -2.20. The van der Waals surface area contributed by atoms with E-state index in [9.17, 15) is 0 Å². The van der Waals surface area contributed by atoms with Gasteiger partial charge in [0.15, 0.2) is 0 Å². The van der Waals surface area contributed by atoms with Gasteiger partial charge in [-0.3, -0.25) is 0 Å². The Morgan fingerprint density at radius 2 is 2.40 bits per heavy atom. The van der Waals surface area contributed by atoms with Crippen molar-refractivity contribution in [3.8, 4) is 6.07 Å². The summed E-state index contributed by atoms with van der Waals surface area (Å²) in [5.74, 6) is 0. The van der Waals surface area contributed by atoms with Gasteiger partial charge in [-0.25, -0.2) is 4.98 Å². The van der Waals surface area contributed by atoms with Crippen LogP contribution < -0.4 is 5.32 Å². The van der Waals surface area contributed by atoms with Crippen LogP contribution in [0.15, 0.2) is 30.5 Å². The molecular formula is C12H13N3. The first-order valence-electron chi connectivity index (χ1n) is 5.16. The molecule has 0 fully saturated rings. The molecular weight excluding hydrogens is 186 g/mol. The summed E-state index contributed by atoms with van der Waals surface area (Å²) >= 11 is 0. The summed E-state index contributed by atoms with van der Waals surface area (Å²) in [6.45, 7) is 0. The lowest BCUT2D eigenvalue weighted by molar-refractivity contribution is 0.644. The van der Waals surface area contributed by atoms with E-state index in [0.717, 1.165) is 24.9 Å². The number of nitriles is 1. The average Bonchev–Trinajstić information content (AvgIpc) is 2.31. The molecule has 0 spiro atoms. The zero-order valence-corrected chi connectivity index (χ0v) is 8.48. The van der Waals surface area contributed by atoms with Crippen molar-refractivity contribution in [3.63, 3.8) is 0 Å². The van der Waals surface area contributed by atoms with Gasteiger partial charge in [-0.2, -0.15) is 5.26 Å². The van der Waals surface area contributed by atoms with E-state index in [1.807, 2.05) is 12.1 Å². The first-order valence-corrected chi connectivity index (χ1v) is 5.16. The Morgan fingerprint density at radius 1 is 1.47 bits per heavy atom. The maximum atomic E-state index is 8.72. The molecule has 0 saturated carbocycles. The number of rotatable bonds is 2. The predicted molar refractivity (Wildman–Crippen MR) is 59.4 cm³/mol. The van der Waals surface area contributed by atoms with Crippen LogP contribution in [0.5, 0.6) is 0 Å². The third-order valence-electron chi connectivity index (χ3n) is 2.51. The van der Waals surface area contributed by atoms with Crippen LogP contribution >= 0.6 is 0 Å². The van der Waals surface area contributed by atoms with Crippen LogP contribution in [0.1, 0.15) is 25.0 Å². The van der Waals surface area contributed by atoms with Crippen molar-refractivity contribution in [1.82, 2.24) is 4.98 Å². The van der Waals surface area contributed by atoms with Gasteiger partial charge in [0.1, 0.15) is 11.8 Å². The lowest BCUT2D eigenvalue weighted by atomic mass is 10.0. The van der Waals surface area contributed by atoms with Crippen LogP contribution in [-0.2, 0) is 0 Å². The van der Waals surface area contributed by atoms with Crippen molar-refractivity contribution in [2.45, 2.75) is 25.3 Å². The van der Waals surface area contributed by atoms with Crippen molar-refractivity contribution in [2.24, 2.45) is 0 Å². The molecule has 0 amide bonds. The van der Waals surface area contributed by atoms with E-state index in [1.54, 1.807) is 12.3 Å². The van der Waals surface area contributed by atoms with Crippen LogP contribution in [0.2, 0.25) is 0 Å². The molecule has 0 bridgehead atoms. The fourth-order valence-corrected chi connectivity index (χ4v) is 1.74. The van der Waals surface area contributed by atoms with Gasteiger partial charge in [0.25, 0.3) is 0 Å². The van der Waals surface area contributed by atoms with E-state index in [1.165, 1.54) is 0 Å². The van der Waals surface area contributed by atoms with Gasteiger partial charge in [0.05, 0.1) is 0 Å². The number of nitrogens with one attached hydrogen (secondary N) is 1. The first-order chi connectivity index (χ1) is 7.38. The summed E-state index contributed by atoms with van der Waals surface area (Å²) in [6.07, 6.45) is 9.43. The molecule has 0 aromatic carbocycles. The topological polar surface area (TPSA) is 48.7 Å². The minimum Gasteiger partial charge on any atom is -0.382 e. The van der Waals surface area contributed by atoms with E-state index >= 15 is 0 Å². The molecule has 3 nitrogen and oxygen atoms in total. The van der Waals surface area contributed by atoms with Crippen LogP contribution in [0.25, 0.3) is 0 Å². The van der Waals surface area contributed by atoms with Gasteiger partial charge in [0.2, 0.25) is 0 Å². The van der Waals surface area contributed by atoms with Gasteiger partial charge in [-0.1, -0.05) is 12.2 Å². The summed E-state index contributed by atoms with van der Waals surface area (Å²) in [4.78, 5) is 3.94. The summed E-state index contributed by atoms with van der Waals surface area (Å²) < 4.78 is 0. The molecule has 0 aliphatic heterocycles. The molecule has 15 heavy (non-hydrogen) atoms.